The molecule has 1 saturated heterocycles. The van der Waals surface area contributed by atoms with Crippen LogP contribution in [0, 0.1) is 0 Å². The summed E-state index contributed by atoms with van der Waals surface area (Å²) >= 11 is 6.16. The molecule has 1 aliphatic heterocycles. The van der Waals surface area contributed by atoms with Crippen LogP contribution >= 0.6 is 11.6 Å². The predicted molar refractivity (Wildman–Crippen MR) is 127 cm³/mol. The zero-order chi connectivity index (χ0) is 22.8. The summed E-state index contributed by atoms with van der Waals surface area (Å²) < 4.78 is 0. The number of primary amides is 1. The molecule has 0 aliphatic carbocycles. The monoisotopic (exact) mass is 447 g/mol. The van der Waals surface area contributed by atoms with Crippen LogP contribution < -0.4 is 5.73 Å². The van der Waals surface area contributed by atoms with Crippen LogP contribution in [-0.2, 0) is 0 Å². The Labute approximate surface area is 193 Å². The molecule has 164 valence electrons. The molecule has 0 bridgehead atoms. The maximum absolute atomic E-state index is 12.9. The van der Waals surface area contributed by atoms with Crippen LogP contribution in [0.5, 0.6) is 0 Å². The molecule has 32 heavy (non-hydrogen) atoms. The van der Waals surface area contributed by atoms with Crippen molar-refractivity contribution in [2.24, 2.45) is 5.73 Å². The lowest BCUT2D eigenvalue weighted by Crippen LogP contribution is -2.29. The molecule has 1 unspecified atom stereocenters. The summed E-state index contributed by atoms with van der Waals surface area (Å²) in [5.74, 6) is -0.267. The normalized spacial score (nSPS) is 15.9. The van der Waals surface area contributed by atoms with Crippen LogP contribution in [0.25, 0.3) is 11.1 Å². The predicted octanol–water partition coefficient (Wildman–Crippen LogP) is 5.25. The Bertz CT molecular complexity index is 1180. The first-order valence-electron chi connectivity index (χ1n) is 10.8. The number of carbonyl (C=O) groups is 2. The second-order valence-corrected chi connectivity index (χ2v) is 8.89. The zero-order valence-electron chi connectivity index (χ0n) is 18.2. The first-order valence-corrected chi connectivity index (χ1v) is 11.2. The Morgan fingerprint density at radius 2 is 1.91 bits per heavy atom. The van der Waals surface area contributed by atoms with Crippen molar-refractivity contribution in [1.29, 1.82) is 0 Å². The molecule has 6 heteroatoms. The van der Waals surface area contributed by atoms with Crippen molar-refractivity contribution in [2.45, 2.75) is 32.1 Å². The lowest BCUT2D eigenvalue weighted by atomic mass is 9.87. The van der Waals surface area contributed by atoms with Gasteiger partial charge < -0.3 is 10.6 Å². The van der Waals surface area contributed by atoms with Crippen molar-refractivity contribution >= 4 is 23.4 Å². The molecule has 1 atom stereocenters. The number of nitrogens with two attached hydrogens (primary N) is 1. The van der Waals surface area contributed by atoms with Gasteiger partial charge in [0.2, 0.25) is 5.91 Å². The van der Waals surface area contributed by atoms with Gasteiger partial charge in [-0.2, -0.15) is 0 Å². The number of rotatable bonds is 5. The zero-order valence-corrected chi connectivity index (χ0v) is 19.0. The molecule has 3 aromatic rings. The average molecular weight is 448 g/mol. The van der Waals surface area contributed by atoms with E-state index in [1.807, 2.05) is 30.3 Å². The molecule has 5 nitrogen and oxygen atoms in total. The van der Waals surface area contributed by atoms with Crippen molar-refractivity contribution in [2.75, 3.05) is 13.1 Å². The fraction of sp³-hybridized carbons (Fsp3) is 0.269. The van der Waals surface area contributed by atoms with Gasteiger partial charge in [-0.15, -0.1) is 0 Å². The maximum Gasteiger partial charge on any atom is 0.274 e. The summed E-state index contributed by atoms with van der Waals surface area (Å²) in [5, 5.41) is 0.340. The number of pyridine rings is 1. The molecule has 4 rings (SSSR count). The third-order valence-corrected chi connectivity index (χ3v) is 6.39. The SMILES string of the molecule is CC(C)c1ccccc1-c1ccc(C2CCN(C(=O)c3ncccc3Cl)C2)c(C(N)=O)c1. The highest BCUT2D eigenvalue weighted by Crippen LogP contribution is 2.35. The minimum Gasteiger partial charge on any atom is -0.366 e. The van der Waals surface area contributed by atoms with Crippen LogP contribution in [0.2, 0.25) is 5.02 Å². The minimum absolute atomic E-state index is 0.0262. The molecule has 2 N–H and O–H groups in total. The molecule has 2 heterocycles. The Morgan fingerprint density at radius 1 is 1.12 bits per heavy atom. The van der Waals surface area contributed by atoms with Gasteiger partial charge in [0, 0.05) is 30.8 Å². The van der Waals surface area contributed by atoms with E-state index in [0.29, 0.717) is 29.6 Å². The van der Waals surface area contributed by atoms with Gasteiger partial charge in [0.15, 0.2) is 0 Å². The van der Waals surface area contributed by atoms with E-state index in [9.17, 15) is 9.59 Å². The first-order chi connectivity index (χ1) is 15.4. The van der Waals surface area contributed by atoms with Gasteiger partial charge in [0.1, 0.15) is 5.69 Å². The Balaban J connectivity index is 1.63. The molecule has 0 spiro atoms. The van der Waals surface area contributed by atoms with E-state index in [-0.39, 0.29) is 17.5 Å². The van der Waals surface area contributed by atoms with Crippen LogP contribution in [0.3, 0.4) is 0 Å². The highest BCUT2D eigenvalue weighted by Gasteiger charge is 2.31. The number of likely N-dealkylation sites (tertiary alicyclic amines) is 1. The lowest BCUT2D eigenvalue weighted by molar-refractivity contribution is 0.0785. The third-order valence-electron chi connectivity index (χ3n) is 6.09. The Hall–Kier alpha value is -3.18. The van der Waals surface area contributed by atoms with Gasteiger partial charge in [-0.05, 0) is 52.8 Å². The number of hydrogen-bond acceptors (Lipinski definition) is 3. The molecule has 1 fully saturated rings. The fourth-order valence-electron chi connectivity index (χ4n) is 4.45. The van der Waals surface area contributed by atoms with Crippen molar-refractivity contribution in [3.63, 3.8) is 0 Å². The number of halogens is 1. The second kappa shape index (κ2) is 9.13. The number of benzene rings is 2. The van der Waals surface area contributed by atoms with E-state index in [0.717, 1.165) is 23.1 Å². The number of aromatic nitrogens is 1. The summed E-state index contributed by atoms with van der Waals surface area (Å²) in [6.45, 7) is 5.38. The van der Waals surface area contributed by atoms with E-state index in [1.54, 1.807) is 23.2 Å². The molecule has 2 aromatic carbocycles. The van der Waals surface area contributed by atoms with E-state index < -0.39 is 5.91 Å². The van der Waals surface area contributed by atoms with Crippen molar-refractivity contribution in [1.82, 2.24) is 9.88 Å². The quantitative estimate of drug-likeness (QED) is 0.580. The summed E-state index contributed by atoms with van der Waals surface area (Å²) in [7, 11) is 0. The Kier molecular flexibility index (Phi) is 6.28. The van der Waals surface area contributed by atoms with Gasteiger partial charge in [-0.3, -0.25) is 9.59 Å². The standard InChI is InChI=1S/C26H26ClN3O2/c1-16(2)19-6-3-4-7-20(19)17-9-10-21(22(14-17)25(28)31)18-11-13-30(15-18)26(32)24-23(27)8-5-12-29-24/h3-10,12,14,16,18H,11,13,15H2,1-2H3,(H2,28,31). The largest absolute Gasteiger partial charge is 0.366 e. The number of hydrogen-bond donors (Lipinski definition) is 1. The van der Waals surface area contributed by atoms with Crippen LogP contribution in [0.1, 0.15) is 64.1 Å². The van der Waals surface area contributed by atoms with E-state index >= 15 is 0 Å². The van der Waals surface area contributed by atoms with E-state index in [2.05, 4.69) is 31.0 Å². The highest BCUT2D eigenvalue weighted by molar-refractivity contribution is 6.33. The lowest BCUT2D eigenvalue weighted by Gasteiger charge is -2.19. The van der Waals surface area contributed by atoms with Crippen molar-refractivity contribution in [3.05, 3.63) is 88.2 Å². The molecular formula is C26H26ClN3O2. The smallest absolute Gasteiger partial charge is 0.274 e. The molecule has 1 aliphatic rings. The van der Waals surface area contributed by atoms with E-state index in [4.69, 9.17) is 17.3 Å². The number of carbonyl (C=O) groups excluding carboxylic acids is 2. The van der Waals surface area contributed by atoms with Crippen LogP contribution in [-0.4, -0.2) is 34.8 Å². The first kappa shape index (κ1) is 22.0. The second-order valence-electron chi connectivity index (χ2n) is 8.48. The van der Waals surface area contributed by atoms with Gasteiger partial charge in [0.05, 0.1) is 5.02 Å². The molecular weight excluding hydrogens is 422 g/mol. The molecule has 1 aromatic heterocycles. The summed E-state index contributed by atoms with van der Waals surface area (Å²) in [5.41, 5.74) is 10.7. The highest BCUT2D eigenvalue weighted by atomic mass is 35.5. The number of nitrogens with zero attached hydrogens (tertiary/aromatic N) is 2. The maximum atomic E-state index is 12.9. The van der Waals surface area contributed by atoms with Crippen LogP contribution in [0.15, 0.2) is 60.8 Å². The topological polar surface area (TPSA) is 76.3 Å². The Morgan fingerprint density at radius 3 is 2.62 bits per heavy atom. The van der Waals surface area contributed by atoms with Gasteiger partial charge in [-0.25, -0.2) is 4.98 Å². The van der Waals surface area contributed by atoms with Gasteiger partial charge >= 0.3 is 0 Å². The minimum atomic E-state index is -0.457. The number of amides is 2. The molecule has 0 saturated carbocycles. The fourth-order valence-corrected chi connectivity index (χ4v) is 4.65. The van der Waals surface area contributed by atoms with Crippen molar-refractivity contribution in [3.8, 4) is 11.1 Å². The van der Waals surface area contributed by atoms with Crippen molar-refractivity contribution < 1.29 is 9.59 Å². The van der Waals surface area contributed by atoms with Crippen LogP contribution in [0.4, 0.5) is 0 Å². The molecule has 0 radical (unpaired) electrons. The summed E-state index contributed by atoms with van der Waals surface area (Å²) in [4.78, 5) is 31.1. The summed E-state index contributed by atoms with van der Waals surface area (Å²) in [6.07, 6.45) is 2.31. The average Bonchev–Trinajstić information content (AvgIpc) is 3.28. The summed E-state index contributed by atoms with van der Waals surface area (Å²) in [6, 6.07) is 17.5. The van der Waals surface area contributed by atoms with E-state index in [1.165, 1.54) is 5.56 Å². The van der Waals surface area contributed by atoms with Gasteiger partial charge in [-0.1, -0.05) is 61.8 Å². The third kappa shape index (κ3) is 4.26. The molecule has 2 amide bonds. The van der Waals surface area contributed by atoms with Gasteiger partial charge in [0.25, 0.3) is 5.91 Å².